The molecule has 0 fully saturated rings. The second kappa shape index (κ2) is 13.1. The highest BCUT2D eigenvalue weighted by Crippen LogP contribution is 2.61. The third-order valence-corrected chi connectivity index (χ3v) is 13.7. The van der Waals surface area contributed by atoms with E-state index < -0.39 is 5.41 Å². The van der Waals surface area contributed by atoms with E-state index in [1.165, 1.54) is 111 Å². The number of hydrogen-bond acceptors (Lipinski definition) is 0. The van der Waals surface area contributed by atoms with Crippen molar-refractivity contribution in [3.63, 3.8) is 0 Å². The van der Waals surface area contributed by atoms with Crippen LogP contribution in [0.5, 0.6) is 0 Å². The Morgan fingerprint density at radius 2 is 0.918 bits per heavy atom. The summed E-state index contributed by atoms with van der Waals surface area (Å²) in [6.45, 7) is 0. The fraction of sp³-hybridized carbons (Fsp3) is 0.0333. The summed E-state index contributed by atoms with van der Waals surface area (Å²) in [6, 6.07) is 86.2. The molecule has 0 amide bonds. The van der Waals surface area contributed by atoms with E-state index in [0.717, 1.165) is 0 Å². The van der Waals surface area contributed by atoms with Crippen molar-refractivity contribution in [2.24, 2.45) is 0 Å². The van der Waals surface area contributed by atoms with Gasteiger partial charge >= 0.3 is 0 Å². The summed E-state index contributed by atoms with van der Waals surface area (Å²) < 4.78 is 2.57. The summed E-state index contributed by atoms with van der Waals surface area (Å²) in [7, 11) is 0. The third kappa shape index (κ3) is 4.72. The normalized spacial score (nSPS) is 13.6. The molecular weight excluding hydrogens is 735 g/mol. The number of rotatable bonds is 5. The van der Waals surface area contributed by atoms with Crippen LogP contribution in [0.25, 0.3) is 71.6 Å². The molecule has 0 saturated carbocycles. The van der Waals surface area contributed by atoms with Crippen molar-refractivity contribution < 1.29 is 0 Å². The predicted molar refractivity (Wildman–Crippen MR) is 254 cm³/mol. The summed E-state index contributed by atoms with van der Waals surface area (Å²) in [4.78, 5) is 0. The third-order valence-electron chi connectivity index (χ3n) is 13.7. The van der Waals surface area contributed by atoms with Gasteiger partial charge in [-0.1, -0.05) is 218 Å². The van der Waals surface area contributed by atoms with Crippen molar-refractivity contribution in [1.29, 1.82) is 0 Å². The Hall–Kier alpha value is -7.74. The first-order valence-corrected chi connectivity index (χ1v) is 21.4. The highest BCUT2D eigenvalue weighted by atomic mass is 15.0. The van der Waals surface area contributed by atoms with Gasteiger partial charge in [0.25, 0.3) is 0 Å². The SMILES string of the molecule is c1ccc(-c2cccc(C(c3ccccc3-c3cccc4c3c3cccc5c3n4-c3ccccc3C53c4ccccc4-c4ccccc43)c3cccc4ccccc34)c2)cc1. The average molecular weight is 774 g/mol. The van der Waals surface area contributed by atoms with Crippen molar-refractivity contribution in [1.82, 2.24) is 4.57 Å². The van der Waals surface area contributed by atoms with Gasteiger partial charge in [0.1, 0.15) is 0 Å². The van der Waals surface area contributed by atoms with Crippen LogP contribution in [0.2, 0.25) is 0 Å². The van der Waals surface area contributed by atoms with E-state index >= 15 is 0 Å². The molecule has 284 valence electrons. The van der Waals surface area contributed by atoms with Crippen molar-refractivity contribution in [2.45, 2.75) is 11.3 Å². The van der Waals surface area contributed by atoms with Crippen molar-refractivity contribution in [2.75, 3.05) is 0 Å². The van der Waals surface area contributed by atoms with E-state index in [-0.39, 0.29) is 5.92 Å². The molecule has 10 aromatic carbocycles. The highest BCUT2D eigenvalue weighted by molar-refractivity contribution is 6.18. The van der Waals surface area contributed by atoms with Crippen LogP contribution in [0, 0.1) is 0 Å². The number of hydrogen-bond donors (Lipinski definition) is 0. The minimum absolute atomic E-state index is 0.0312. The lowest BCUT2D eigenvalue weighted by molar-refractivity contribution is 0.748. The molecule has 0 N–H and O–H groups in total. The monoisotopic (exact) mass is 773 g/mol. The van der Waals surface area contributed by atoms with Gasteiger partial charge in [-0.3, -0.25) is 0 Å². The van der Waals surface area contributed by atoms with E-state index in [9.17, 15) is 0 Å². The molecule has 1 heteroatoms. The lowest BCUT2D eigenvalue weighted by Gasteiger charge is -2.39. The zero-order valence-corrected chi connectivity index (χ0v) is 33.5. The molecule has 1 aliphatic carbocycles. The van der Waals surface area contributed by atoms with Crippen LogP contribution in [0.15, 0.2) is 231 Å². The maximum Gasteiger partial charge on any atom is 0.0754 e. The first kappa shape index (κ1) is 34.2. The van der Waals surface area contributed by atoms with Crippen molar-refractivity contribution in [3.8, 4) is 39.1 Å². The van der Waals surface area contributed by atoms with Crippen LogP contribution in [-0.4, -0.2) is 4.57 Å². The molecular formula is C60H39N. The molecule has 1 aliphatic heterocycles. The zero-order chi connectivity index (χ0) is 40.1. The van der Waals surface area contributed by atoms with Crippen LogP contribution >= 0.6 is 0 Å². The van der Waals surface area contributed by atoms with Crippen LogP contribution in [0.4, 0.5) is 0 Å². The second-order valence-electron chi connectivity index (χ2n) is 16.7. The minimum atomic E-state index is -0.449. The maximum absolute atomic E-state index is 2.57. The van der Waals surface area contributed by atoms with Crippen molar-refractivity contribution >= 4 is 32.6 Å². The molecule has 1 unspecified atom stereocenters. The van der Waals surface area contributed by atoms with E-state index in [4.69, 9.17) is 0 Å². The van der Waals surface area contributed by atoms with E-state index in [1.807, 2.05) is 0 Å². The molecule has 61 heavy (non-hydrogen) atoms. The van der Waals surface area contributed by atoms with E-state index in [1.54, 1.807) is 0 Å². The summed E-state index contributed by atoms with van der Waals surface area (Å²) >= 11 is 0. The van der Waals surface area contributed by atoms with Crippen LogP contribution in [0.3, 0.4) is 0 Å². The molecule has 0 radical (unpaired) electrons. The number of fused-ring (bicyclic) bond motifs is 13. The van der Waals surface area contributed by atoms with Gasteiger partial charge in [-0.15, -0.1) is 0 Å². The highest BCUT2D eigenvalue weighted by Gasteiger charge is 2.50. The molecule has 1 nitrogen and oxygen atoms in total. The quantitative estimate of drug-likeness (QED) is 0.154. The minimum Gasteiger partial charge on any atom is -0.309 e. The molecule has 2 heterocycles. The van der Waals surface area contributed by atoms with E-state index in [0.29, 0.717) is 0 Å². The van der Waals surface area contributed by atoms with Gasteiger partial charge in [-0.05, 0) is 95.2 Å². The standard InChI is InChI=1S/C60H39N/c1-2-18-39(19-3-1)41-22-14-23-42(38-41)57(47-29-15-21-40-20-4-5-24-43(40)47)48-28-7-6-25-44(48)49-30-17-37-56-58(49)50-31-16-35-54-59(50)61(56)55-36-13-12-34-53(55)60(54)51-32-10-8-26-45(51)46-27-9-11-33-52(46)60/h1-38,57H. The maximum atomic E-state index is 2.57. The Balaban J connectivity index is 1.11. The largest absolute Gasteiger partial charge is 0.309 e. The zero-order valence-electron chi connectivity index (χ0n) is 33.5. The number of nitrogens with zero attached hydrogens (tertiary/aromatic N) is 1. The van der Waals surface area contributed by atoms with Crippen LogP contribution in [0.1, 0.15) is 44.9 Å². The van der Waals surface area contributed by atoms with Gasteiger partial charge in [0.15, 0.2) is 0 Å². The van der Waals surface area contributed by atoms with E-state index in [2.05, 4.69) is 235 Å². The Labute approximate surface area is 355 Å². The summed E-state index contributed by atoms with van der Waals surface area (Å²) in [5, 5.41) is 5.09. The first-order chi connectivity index (χ1) is 30.3. The number of aromatic nitrogens is 1. The molecule has 1 spiro atoms. The second-order valence-corrected chi connectivity index (χ2v) is 16.7. The lowest BCUT2D eigenvalue weighted by Crippen LogP contribution is -2.33. The fourth-order valence-corrected chi connectivity index (χ4v) is 11.4. The van der Waals surface area contributed by atoms with Gasteiger partial charge < -0.3 is 4.57 Å². The van der Waals surface area contributed by atoms with Gasteiger partial charge in [-0.2, -0.15) is 0 Å². The first-order valence-electron chi connectivity index (χ1n) is 21.4. The molecule has 2 aliphatic rings. The topological polar surface area (TPSA) is 4.93 Å². The summed E-state index contributed by atoms with van der Waals surface area (Å²) in [5.74, 6) is -0.0312. The van der Waals surface area contributed by atoms with Crippen molar-refractivity contribution in [3.05, 3.63) is 269 Å². The fourth-order valence-electron chi connectivity index (χ4n) is 11.4. The molecule has 11 aromatic rings. The van der Waals surface area contributed by atoms with Gasteiger partial charge in [-0.25, -0.2) is 0 Å². The van der Waals surface area contributed by atoms with Crippen LogP contribution < -0.4 is 0 Å². The molecule has 1 atom stereocenters. The average Bonchev–Trinajstić information content (AvgIpc) is 3.83. The molecule has 13 rings (SSSR count). The molecule has 0 saturated heterocycles. The predicted octanol–water partition coefficient (Wildman–Crippen LogP) is 15.1. The summed E-state index contributed by atoms with van der Waals surface area (Å²) in [6.07, 6.45) is 0. The van der Waals surface area contributed by atoms with Gasteiger partial charge in [0, 0.05) is 16.7 Å². The number of benzene rings is 10. The Morgan fingerprint density at radius 3 is 1.75 bits per heavy atom. The van der Waals surface area contributed by atoms with Crippen LogP contribution in [-0.2, 0) is 5.41 Å². The lowest BCUT2D eigenvalue weighted by atomic mass is 9.65. The summed E-state index contributed by atoms with van der Waals surface area (Å²) in [5.41, 5.74) is 20.1. The molecule has 1 aromatic heterocycles. The van der Waals surface area contributed by atoms with Gasteiger partial charge in [0.2, 0.25) is 0 Å². The molecule has 0 bridgehead atoms. The Kier molecular flexibility index (Phi) is 7.35. The van der Waals surface area contributed by atoms with Gasteiger partial charge in [0.05, 0.1) is 22.1 Å². The smallest absolute Gasteiger partial charge is 0.0754 e. The Bertz CT molecular complexity index is 3500. The Morgan fingerprint density at radius 1 is 0.361 bits per heavy atom. The number of para-hydroxylation sites is 2.